The molecule has 5 nitrogen and oxygen atoms in total. The first kappa shape index (κ1) is 13.1. The monoisotopic (exact) mass is 291 g/mol. The highest BCUT2D eigenvalue weighted by Crippen LogP contribution is 2.21. The Labute approximate surface area is 120 Å². The van der Waals surface area contributed by atoms with E-state index in [1.165, 1.54) is 10.7 Å². The molecule has 1 fully saturated rings. The molecule has 1 aromatic carbocycles. The molecule has 0 radical (unpaired) electrons. The van der Waals surface area contributed by atoms with Crippen LogP contribution < -0.4 is 10.9 Å². The Morgan fingerprint density at radius 3 is 2.85 bits per heavy atom. The van der Waals surface area contributed by atoms with E-state index in [1.54, 1.807) is 24.3 Å². The third kappa shape index (κ3) is 2.69. The molecule has 0 amide bonds. The fourth-order valence-electron chi connectivity index (χ4n) is 1.93. The molecular weight excluding hydrogens is 278 g/mol. The van der Waals surface area contributed by atoms with Crippen molar-refractivity contribution in [3.05, 3.63) is 51.4 Å². The lowest BCUT2D eigenvalue weighted by Gasteiger charge is -2.10. The summed E-state index contributed by atoms with van der Waals surface area (Å²) < 4.78 is 1.21. The molecule has 2 aromatic rings. The lowest BCUT2D eigenvalue weighted by atomic mass is 10.3. The zero-order valence-electron chi connectivity index (χ0n) is 10.7. The van der Waals surface area contributed by atoms with Gasteiger partial charge in [0.15, 0.2) is 0 Å². The lowest BCUT2D eigenvalue weighted by molar-refractivity contribution is 0.451. The van der Waals surface area contributed by atoms with Gasteiger partial charge in [0, 0.05) is 18.7 Å². The lowest BCUT2D eigenvalue weighted by Crippen LogP contribution is -2.24. The average Bonchev–Trinajstić information content (AvgIpc) is 3.23. The zero-order valence-corrected chi connectivity index (χ0v) is 11.5. The molecule has 104 valence electrons. The highest BCUT2D eigenvalue weighted by Gasteiger charge is 2.21. The van der Waals surface area contributed by atoms with Gasteiger partial charge in [0.2, 0.25) is 0 Å². The van der Waals surface area contributed by atoms with E-state index < -0.39 is 5.56 Å². The molecule has 2 N–H and O–H groups in total. The minimum atomic E-state index is -0.411. The fourth-order valence-corrected chi connectivity index (χ4v) is 2.15. The van der Waals surface area contributed by atoms with Crippen LogP contribution in [0.4, 0.5) is 0 Å². The molecular formula is C14H14ClN3O2. The summed E-state index contributed by atoms with van der Waals surface area (Å²) in [5.74, 6) is -0.0912. The number of rotatable bonds is 4. The fraction of sp³-hybridized carbons (Fsp3) is 0.286. The van der Waals surface area contributed by atoms with Gasteiger partial charge in [-0.15, -0.1) is 0 Å². The molecule has 0 unspecified atom stereocenters. The molecule has 0 spiro atoms. The van der Waals surface area contributed by atoms with Crippen molar-refractivity contribution < 1.29 is 5.11 Å². The summed E-state index contributed by atoms with van der Waals surface area (Å²) in [7, 11) is 0. The van der Waals surface area contributed by atoms with Crippen LogP contribution in [0.5, 0.6) is 5.75 Å². The quantitative estimate of drug-likeness (QED) is 0.902. The van der Waals surface area contributed by atoms with Crippen LogP contribution in [-0.2, 0) is 6.54 Å². The van der Waals surface area contributed by atoms with Crippen molar-refractivity contribution in [3.8, 4) is 11.4 Å². The van der Waals surface area contributed by atoms with E-state index in [2.05, 4.69) is 10.4 Å². The number of nitrogens with zero attached hydrogens (tertiary/aromatic N) is 2. The van der Waals surface area contributed by atoms with E-state index in [1.807, 2.05) is 0 Å². The third-order valence-corrected chi connectivity index (χ3v) is 3.52. The van der Waals surface area contributed by atoms with Crippen LogP contribution in [0.3, 0.4) is 0 Å². The number of hydrogen-bond acceptors (Lipinski definition) is 4. The largest absolute Gasteiger partial charge is 0.506 e. The van der Waals surface area contributed by atoms with Crippen LogP contribution in [0, 0.1) is 0 Å². The van der Waals surface area contributed by atoms with Gasteiger partial charge in [0.05, 0.1) is 10.7 Å². The number of aromatic nitrogens is 2. The summed E-state index contributed by atoms with van der Waals surface area (Å²) in [5.41, 5.74) is 0.536. The van der Waals surface area contributed by atoms with Gasteiger partial charge in [-0.1, -0.05) is 23.7 Å². The number of benzene rings is 1. The third-order valence-electron chi connectivity index (χ3n) is 3.20. The summed E-state index contributed by atoms with van der Waals surface area (Å²) in [5, 5.41) is 17.7. The summed E-state index contributed by atoms with van der Waals surface area (Å²) in [6.07, 6.45) is 2.29. The van der Waals surface area contributed by atoms with Crippen LogP contribution in [0.25, 0.3) is 5.69 Å². The molecule has 0 saturated heterocycles. The van der Waals surface area contributed by atoms with Crippen LogP contribution in [0.15, 0.2) is 35.1 Å². The predicted molar refractivity (Wildman–Crippen MR) is 76.4 cm³/mol. The van der Waals surface area contributed by atoms with Gasteiger partial charge in [-0.05, 0) is 25.0 Å². The SMILES string of the molecule is O=c1cc(O)c(CNC2CC2)nn1-c1ccccc1Cl. The maximum absolute atomic E-state index is 12.0. The van der Waals surface area contributed by atoms with E-state index in [0.717, 1.165) is 12.8 Å². The summed E-state index contributed by atoms with van der Waals surface area (Å²) in [4.78, 5) is 12.0. The normalized spacial score (nSPS) is 14.4. The first-order valence-electron chi connectivity index (χ1n) is 6.45. The molecule has 1 saturated carbocycles. The van der Waals surface area contributed by atoms with Gasteiger partial charge in [-0.2, -0.15) is 9.78 Å². The molecule has 3 rings (SSSR count). The smallest absolute Gasteiger partial charge is 0.275 e. The molecule has 20 heavy (non-hydrogen) atoms. The maximum Gasteiger partial charge on any atom is 0.275 e. The molecule has 0 bridgehead atoms. The van der Waals surface area contributed by atoms with Crippen molar-refractivity contribution in [2.24, 2.45) is 0 Å². The van der Waals surface area contributed by atoms with E-state index >= 15 is 0 Å². The molecule has 1 aliphatic carbocycles. The minimum absolute atomic E-state index is 0.0912. The minimum Gasteiger partial charge on any atom is -0.506 e. The van der Waals surface area contributed by atoms with Crippen LogP contribution in [0.2, 0.25) is 5.02 Å². The van der Waals surface area contributed by atoms with E-state index in [-0.39, 0.29) is 5.75 Å². The van der Waals surface area contributed by atoms with Gasteiger partial charge in [0.1, 0.15) is 11.4 Å². The zero-order chi connectivity index (χ0) is 14.1. The van der Waals surface area contributed by atoms with Crippen molar-refractivity contribution in [2.45, 2.75) is 25.4 Å². The molecule has 1 aliphatic rings. The number of para-hydroxylation sites is 1. The first-order chi connectivity index (χ1) is 9.65. The van der Waals surface area contributed by atoms with Gasteiger partial charge in [-0.25, -0.2) is 0 Å². The summed E-state index contributed by atoms with van der Waals surface area (Å²) in [6, 6.07) is 8.64. The van der Waals surface area contributed by atoms with Crippen molar-refractivity contribution in [3.63, 3.8) is 0 Å². The Hall–Kier alpha value is -1.85. The number of nitrogens with one attached hydrogen (secondary N) is 1. The van der Waals surface area contributed by atoms with Crippen molar-refractivity contribution in [1.82, 2.24) is 15.1 Å². The number of halogens is 1. The van der Waals surface area contributed by atoms with Crippen LogP contribution >= 0.6 is 11.6 Å². The first-order valence-corrected chi connectivity index (χ1v) is 6.83. The highest BCUT2D eigenvalue weighted by atomic mass is 35.5. The molecule has 0 aliphatic heterocycles. The number of aromatic hydroxyl groups is 1. The standard InChI is InChI=1S/C14H14ClN3O2/c15-10-3-1-2-4-12(10)18-14(20)7-13(19)11(17-18)8-16-9-5-6-9/h1-4,7,9,16,19H,5-6,8H2. The molecule has 1 heterocycles. The second-order valence-corrected chi connectivity index (χ2v) is 5.24. The van der Waals surface area contributed by atoms with Gasteiger partial charge in [-0.3, -0.25) is 4.79 Å². The Bertz CT molecular complexity index is 695. The molecule has 1 aromatic heterocycles. The van der Waals surface area contributed by atoms with Crippen LogP contribution in [-0.4, -0.2) is 20.9 Å². The molecule has 6 heteroatoms. The second kappa shape index (κ2) is 5.26. The number of hydrogen-bond donors (Lipinski definition) is 2. The van der Waals surface area contributed by atoms with Gasteiger partial charge < -0.3 is 10.4 Å². The van der Waals surface area contributed by atoms with Crippen molar-refractivity contribution in [2.75, 3.05) is 0 Å². The highest BCUT2D eigenvalue weighted by molar-refractivity contribution is 6.32. The summed E-state index contributed by atoms with van der Waals surface area (Å²) in [6.45, 7) is 0.432. The van der Waals surface area contributed by atoms with E-state index in [0.29, 0.717) is 29.0 Å². The van der Waals surface area contributed by atoms with Crippen LogP contribution in [0.1, 0.15) is 18.5 Å². The van der Waals surface area contributed by atoms with Crippen molar-refractivity contribution in [1.29, 1.82) is 0 Å². The average molecular weight is 292 g/mol. The van der Waals surface area contributed by atoms with Crippen molar-refractivity contribution >= 4 is 11.6 Å². The van der Waals surface area contributed by atoms with E-state index in [4.69, 9.17) is 11.6 Å². The molecule has 0 atom stereocenters. The Kier molecular flexibility index (Phi) is 3.46. The predicted octanol–water partition coefficient (Wildman–Crippen LogP) is 1.84. The van der Waals surface area contributed by atoms with Gasteiger partial charge in [0.25, 0.3) is 5.56 Å². The Balaban J connectivity index is 1.99. The second-order valence-electron chi connectivity index (χ2n) is 4.83. The Morgan fingerprint density at radius 1 is 1.40 bits per heavy atom. The van der Waals surface area contributed by atoms with E-state index in [9.17, 15) is 9.90 Å². The van der Waals surface area contributed by atoms with Gasteiger partial charge >= 0.3 is 0 Å². The topological polar surface area (TPSA) is 67.2 Å². The Morgan fingerprint density at radius 2 is 2.15 bits per heavy atom. The maximum atomic E-state index is 12.0. The summed E-state index contributed by atoms with van der Waals surface area (Å²) >= 11 is 6.08.